The molecule has 0 aromatic rings. The monoisotopic (exact) mass is 186 g/mol. The number of hydrogen-bond acceptors (Lipinski definition) is 2. The second-order valence-corrected chi connectivity index (χ2v) is 3.91. The minimum atomic E-state index is 0.420. The lowest BCUT2D eigenvalue weighted by molar-refractivity contribution is 0.0813. The largest absolute Gasteiger partial charge is 0.378 e. The summed E-state index contributed by atoms with van der Waals surface area (Å²) in [6, 6.07) is 0. The van der Waals surface area contributed by atoms with Crippen molar-refractivity contribution in [3.8, 4) is 0 Å². The number of ether oxygens (including phenoxy) is 2. The van der Waals surface area contributed by atoms with Crippen LogP contribution >= 0.6 is 0 Å². The van der Waals surface area contributed by atoms with E-state index >= 15 is 0 Å². The van der Waals surface area contributed by atoms with E-state index in [4.69, 9.17) is 9.47 Å². The summed E-state index contributed by atoms with van der Waals surface area (Å²) in [7, 11) is 0. The highest BCUT2D eigenvalue weighted by atomic mass is 16.6. The van der Waals surface area contributed by atoms with Crippen LogP contribution in [0.4, 0.5) is 0 Å². The van der Waals surface area contributed by atoms with Gasteiger partial charge in [-0.15, -0.1) is 0 Å². The molecule has 1 aliphatic heterocycles. The van der Waals surface area contributed by atoms with Gasteiger partial charge in [-0.05, 0) is 12.3 Å². The molecule has 1 fully saturated rings. The fraction of sp³-hybridized carbons (Fsp3) is 1.00. The van der Waals surface area contributed by atoms with Gasteiger partial charge in [0, 0.05) is 6.61 Å². The minimum absolute atomic E-state index is 0.420. The lowest BCUT2D eigenvalue weighted by Crippen LogP contribution is -2.11. The zero-order chi connectivity index (χ0) is 9.52. The van der Waals surface area contributed by atoms with E-state index in [2.05, 4.69) is 13.8 Å². The number of rotatable bonds is 8. The van der Waals surface area contributed by atoms with Gasteiger partial charge < -0.3 is 9.47 Å². The third-order valence-electron chi connectivity index (χ3n) is 2.60. The Balaban J connectivity index is 1.93. The SMILES string of the molecule is CCCC[C@@H](CC)COC[C@@H]1CO1. The van der Waals surface area contributed by atoms with Crippen LogP contribution in [0.2, 0.25) is 0 Å². The summed E-state index contributed by atoms with van der Waals surface area (Å²) in [6.07, 6.45) is 5.61. The van der Waals surface area contributed by atoms with Gasteiger partial charge in [0.25, 0.3) is 0 Å². The summed E-state index contributed by atoms with van der Waals surface area (Å²) in [5.74, 6) is 0.763. The first kappa shape index (κ1) is 11.0. The molecule has 1 heterocycles. The predicted octanol–water partition coefficient (Wildman–Crippen LogP) is 2.62. The van der Waals surface area contributed by atoms with Crippen LogP contribution in [0.1, 0.15) is 39.5 Å². The Morgan fingerprint density at radius 2 is 2.23 bits per heavy atom. The van der Waals surface area contributed by atoms with Gasteiger partial charge in [-0.2, -0.15) is 0 Å². The molecule has 2 nitrogen and oxygen atoms in total. The van der Waals surface area contributed by atoms with Crippen LogP contribution in [0.5, 0.6) is 0 Å². The number of epoxide rings is 1. The second kappa shape index (κ2) is 6.39. The quantitative estimate of drug-likeness (QED) is 0.543. The standard InChI is InChI=1S/C11H22O2/c1-3-5-6-10(4-2)7-12-8-11-9-13-11/h10-11H,3-9H2,1-2H3/t10-,11-/m1/s1. The van der Waals surface area contributed by atoms with Gasteiger partial charge in [-0.3, -0.25) is 0 Å². The Morgan fingerprint density at radius 3 is 2.77 bits per heavy atom. The molecule has 1 saturated heterocycles. The second-order valence-electron chi connectivity index (χ2n) is 3.91. The molecular weight excluding hydrogens is 164 g/mol. The first-order valence-electron chi connectivity index (χ1n) is 5.56. The van der Waals surface area contributed by atoms with Crippen molar-refractivity contribution in [2.75, 3.05) is 19.8 Å². The predicted molar refractivity (Wildman–Crippen MR) is 53.9 cm³/mol. The molecule has 0 N–H and O–H groups in total. The minimum Gasteiger partial charge on any atom is -0.378 e. The maximum absolute atomic E-state index is 5.58. The van der Waals surface area contributed by atoms with Gasteiger partial charge >= 0.3 is 0 Å². The van der Waals surface area contributed by atoms with Gasteiger partial charge in [-0.1, -0.05) is 33.1 Å². The van der Waals surface area contributed by atoms with E-state index in [1.807, 2.05) is 0 Å². The Bertz CT molecular complexity index is 121. The van der Waals surface area contributed by atoms with E-state index in [0.29, 0.717) is 6.10 Å². The van der Waals surface area contributed by atoms with Crippen molar-refractivity contribution in [1.82, 2.24) is 0 Å². The molecule has 0 saturated carbocycles. The molecule has 13 heavy (non-hydrogen) atoms. The molecule has 0 aromatic carbocycles. The van der Waals surface area contributed by atoms with Gasteiger partial charge in [0.05, 0.1) is 13.2 Å². The highest BCUT2D eigenvalue weighted by molar-refractivity contribution is 4.67. The molecule has 1 aliphatic rings. The molecule has 0 radical (unpaired) electrons. The summed E-state index contributed by atoms with van der Waals surface area (Å²) in [4.78, 5) is 0. The normalized spacial score (nSPS) is 23.1. The van der Waals surface area contributed by atoms with Crippen molar-refractivity contribution in [3.63, 3.8) is 0 Å². The molecule has 0 aliphatic carbocycles. The molecule has 0 bridgehead atoms. The molecule has 1 rings (SSSR count). The van der Waals surface area contributed by atoms with Crippen molar-refractivity contribution < 1.29 is 9.47 Å². The Labute approximate surface area is 81.6 Å². The smallest absolute Gasteiger partial charge is 0.104 e. The number of unbranched alkanes of at least 4 members (excludes halogenated alkanes) is 1. The van der Waals surface area contributed by atoms with E-state index in [-0.39, 0.29) is 0 Å². The zero-order valence-corrected chi connectivity index (χ0v) is 8.92. The van der Waals surface area contributed by atoms with Crippen LogP contribution in [-0.4, -0.2) is 25.9 Å². The maximum atomic E-state index is 5.58. The maximum Gasteiger partial charge on any atom is 0.104 e. The van der Waals surface area contributed by atoms with E-state index < -0.39 is 0 Å². The Morgan fingerprint density at radius 1 is 1.46 bits per heavy atom. The van der Waals surface area contributed by atoms with Crippen LogP contribution in [0, 0.1) is 5.92 Å². The third kappa shape index (κ3) is 5.27. The average Bonchev–Trinajstić information content (AvgIpc) is 2.94. The topological polar surface area (TPSA) is 21.8 Å². The fourth-order valence-electron chi connectivity index (χ4n) is 1.43. The lowest BCUT2D eigenvalue weighted by atomic mass is 10.0. The van der Waals surface area contributed by atoms with Gasteiger partial charge in [0.2, 0.25) is 0 Å². The van der Waals surface area contributed by atoms with Crippen LogP contribution in [0.15, 0.2) is 0 Å². The summed E-state index contributed by atoms with van der Waals surface area (Å²) >= 11 is 0. The molecule has 0 spiro atoms. The summed E-state index contributed by atoms with van der Waals surface area (Å²) in [5.41, 5.74) is 0. The fourth-order valence-corrected chi connectivity index (χ4v) is 1.43. The molecule has 2 heteroatoms. The van der Waals surface area contributed by atoms with Crippen molar-refractivity contribution >= 4 is 0 Å². The van der Waals surface area contributed by atoms with Crippen molar-refractivity contribution in [2.24, 2.45) is 5.92 Å². The van der Waals surface area contributed by atoms with Crippen LogP contribution < -0.4 is 0 Å². The average molecular weight is 186 g/mol. The molecule has 0 aromatic heterocycles. The molecular formula is C11H22O2. The molecule has 2 atom stereocenters. The van der Waals surface area contributed by atoms with E-state index in [9.17, 15) is 0 Å². The van der Waals surface area contributed by atoms with Gasteiger partial charge in [-0.25, -0.2) is 0 Å². The first-order chi connectivity index (χ1) is 6.36. The summed E-state index contributed by atoms with van der Waals surface area (Å²) in [5, 5.41) is 0. The molecule has 0 amide bonds. The van der Waals surface area contributed by atoms with Crippen molar-refractivity contribution in [1.29, 1.82) is 0 Å². The van der Waals surface area contributed by atoms with Gasteiger partial charge in [0.1, 0.15) is 6.10 Å². The van der Waals surface area contributed by atoms with Crippen molar-refractivity contribution in [2.45, 2.75) is 45.6 Å². The highest BCUT2D eigenvalue weighted by Gasteiger charge is 2.22. The molecule has 0 unspecified atom stereocenters. The van der Waals surface area contributed by atoms with Gasteiger partial charge in [0.15, 0.2) is 0 Å². The lowest BCUT2D eigenvalue weighted by Gasteiger charge is -2.13. The molecule has 78 valence electrons. The van der Waals surface area contributed by atoms with Crippen LogP contribution in [0.25, 0.3) is 0 Å². The van der Waals surface area contributed by atoms with E-state index in [1.54, 1.807) is 0 Å². The Kier molecular flexibility index (Phi) is 5.40. The highest BCUT2D eigenvalue weighted by Crippen LogP contribution is 2.14. The summed E-state index contributed by atoms with van der Waals surface area (Å²) in [6.45, 7) is 7.13. The van der Waals surface area contributed by atoms with Crippen LogP contribution in [-0.2, 0) is 9.47 Å². The Hall–Kier alpha value is -0.0800. The van der Waals surface area contributed by atoms with Crippen molar-refractivity contribution in [3.05, 3.63) is 0 Å². The first-order valence-corrected chi connectivity index (χ1v) is 5.56. The van der Waals surface area contributed by atoms with E-state index in [1.165, 1.54) is 25.7 Å². The summed E-state index contributed by atoms with van der Waals surface area (Å²) < 4.78 is 10.7. The number of hydrogen-bond donors (Lipinski definition) is 0. The third-order valence-corrected chi connectivity index (χ3v) is 2.60. The zero-order valence-electron chi connectivity index (χ0n) is 8.92. The van der Waals surface area contributed by atoms with E-state index in [0.717, 1.165) is 25.7 Å². The van der Waals surface area contributed by atoms with Crippen LogP contribution in [0.3, 0.4) is 0 Å².